The van der Waals surface area contributed by atoms with Crippen molar-refractivity contribution in [3.8, 4) is 0 Å². The Bertz CT molecular complexity index is 447. The fraction of sp³-hybridized carbons (Fsp3) is 0.333. The molecule has 0 saturated heterocycles. The quantitative estimate of drug-likeness (QED) is 0.879. The zero-order valence-electron chi connectivity index (χ0n) is 7.91. The van der Waals surface area contributed by atoms with Crippen LogP contribution in [0.2, 0.25) is 5.02 Å². The molecule has 0 radical (unpaired) electrons. The summed E-state index contributed by atoms with van der Waals surface area (Å²) in [5.74, 6) is -1.09. The first-order valence-electron chi connectivity index (χ1n) is 4.29. The second-order valence-electron chi connectivity index (χ2n) is 3.12. The minimum atomic E-state index is -3.33. The molecule has 0 atom stereocenters. The lowest BCUT2D eigenvalue weighted by Crippen LogP contribution is -2.17. The maximum absolute atomic E-state index is 13.2. The van der Waals surface area contributed by atoms with E-state index in [1.807, 2.05) is 0 Å². The number of benzene rings is 1. The minimum Gasteiger partial charge on any atom is -0.329 e. The van der Waals surface area contributed by atoms with Gasteiger partial charge in [0.1, 0.15) is 5.82 Å². The highest BCUT2D eigenvalue weighted by Gasteiger charge is 2.13. The Labute approximate surface area is 93.0 Å². The van der Waals surface area contributed by atoms with Crippen LogP contribution in [0.3, 0.4) is 0 Å². The van der Waals surface area contributed by atoms with Crippen LogP contribution in [0.15, 0.2) is 18.2 Å². The monoisotopic (exact) mass is 251 g/mol. The van der Waals surface area contributed by atoms with Crippen molar-refractivity contribution in [2.24, 2.45) is 5.73 Å². The molecule has 3 nitrogen and oxygen atoms in total. The largest absolute Gasteiger partial charge is 0.329 e. The molecule has 1 aromatic carbocycles. The second kappa shape index (κ2) is 4.92. The first-order chi connectivity index (χ1) is 6.94. The van der Waals surface area contributed by atoms with E-state index in [9.17, 15) is 12.8 Å². The van der Waals surface area contributed by atoms with Crippen LogP contribution in [0.4, 0.5) is 4.39 Å². The fourth-order valence-corrected chi connectivity index (χ4v) is 2.50. The molecule has 15 heavy (non-hydrogen) atoms. The predicted molar refractivity (Wildman–Crippen MR) is 58.0 cm³/mol. The number of halogens is 2. The summed E-state index contributed by atoms with van der Waals surface area (Å²) in [6, 6.07) is 3.92. The molecule has 84 valence electrons. The van der Waals surface area contributed by atoms with Crippen LogP contribution in [0, 0.1) is 5.82 Å². The zero-order chi connectivity index (χ0) is 11.5. The zero-order valence-corrected chi connectivity index (χ0v) is 9.48. The van der Waals surface area contributed by atoms with Crippen molar-refractivity contribution in [1.29, 1.82) is 0 Å². The third-order valence-electron chi connectivity index (χ3n) is 1.82. The van der Waals surface area contributed by atoms with Crippen LogP contribution >= 0.6 is 11.6 Å². The van der Waals surface area contributed by atoms with E-state index in [1.165, 1.54) is 12.1 Å². The molecular formula is C9H11ClFNO2S. The molecule has 0 aliphatic heterocycles. The molecular weight excluding hydrogens is 241 g/mol. The van der Waals surface area contributed by atoms with Crippen molar-refractivity contribution in [2.45, 2.75) is 5.75 Å². The molecule has 0 aliphatic carbocycles. The molecule has 0 fully saturated rings. The average Bonchev–Trinajstić information content (AvgIpc) is 2.09. The third kappa shape index (κ3) is 3.77. The van der Waals surface area contributed by atoms with Gasteiger partial charge in [0.15, 0.2) is 9.84 Å². The number of rotatable bonds is 4. The Morgan fingerprint density at radius 2 is 2.07 bits per heavy atom. The molecule has 2 N–H and O–H groups in total. The molecule has 0 unspecified atom stereocenters. The number of hydrogen-bond donors (Lipinski definition) is 1. The van der Waals surface area contributed by atoms with Crippen LogP contribution in [0.1, 0.15) is 5.56 Å². The molecule has 1 aromatic rings. The normalized spacial score (nSPS) is 11.7. The molecule has 0 heterocycles. The Hall–Kier alpha value is -0.650. The lowest BCUT2D eigenvalue weighted by molar-refractivity contribution is 0.587. The molecule has 0 saturated carbocycles. The van der Waals surface area contributed by atoms with Crippen molar-refractivity contribution in [3.63, 3.8) is 0 Å². The summed E-state index contributed by atoms with van der Waals surface area (Å²) in [6.45, 7) is 0.0392. The number of nitrogens with two attached hydrogens (primary N) is 1. The van der Waals surface area contributed by atoms with Gasteiger partial charge in [0, 0.05) is 17.1 Å². The molecule has 0 aliphatic rings. The third-order valence-corrected chi connectivity index (χ3v) is 3.66. The van der Waals surface area contributed by atoms with Crippen molar-refractivity contribution >= 4 is 21.4 Å². The van der Waals surface area contributed by atoms with Crippen molar-refractivity contribution in [3.05, 3.63) is 34.6 Å². The Morgan fingerprint density at radius 1 is 1.40 bits per heavy atom. The van der Waals surface area contributed by atoms with Crippen LogP contribution in [0.5, 0.6) is 0 Å². The van der Waals surface area contributed by atoms with E-state index in [2.05, 4.69) is 0 Å². The van der Waals surface area contributed by atoms with Gasteiger partial charge in [-0.25, -0.2) is 12.8 Å². The highest BCUT2D eigenvalue weighted by Crippen LogP contribution is 2.16. The Balaban J connectivity index is 2.90. The first kappa shape index (κ1) is 12.4. The Morgan fingerprint density at radius 3 is 2.60 bits per heavy atom. The van der Waals surface area contributed by atoms with Crippen LogP contribution in [0.25, 0.3) is 0 Å². The van der Waals surface area contributed by atoms with Gasteiger partial charge in [0.05, 0.1) is 11.5 Å². The molecule has 6 heteroatoms. The first-order valence-corrected chi connectivity index (χ1v) is 6.49. The molecule has 1 rings (SSSR count). The van der Waals surface area contributed by atoms with E-state index in [1.54, 1.807) is 0 Å². The van der Waals surface area contributed by atoms with Gasteiger partial charge in [-0.15, -0.1) is 0 Å². The fourth-order valence-electron chi connectivity index (χ4n) is 1.13. The second-order valence-corrected chi connectivity index (χ2v) is 5.74. The summed E-state index contributed by atoms with van der Waals surface area (Å²) in [4.78, 5) is 0. The maximum atomic E-state index is 13.2. The molecule has 0 bridgehead atoms. The Kier molecular flexibility index (Phi) is 4.07. The molecule has 0 amide bonds. The molecule has 0 aromatic heterocycles. The highest BCUT2D eigenvalue weighted by molar-refractivity contribution is 7.90. The van der Waals surface area contributed by atoms with Crippen molar-refractivity contribution in [1.82, 2.24) is 0 Å². The highest BCUT2D eigenvalue weighted by atomic mass is 35.5. The van der Waals surface area contributed by atoms with Gasteiger partial charge in [0.2, 0.25) is 0 Å². The molecule has 0 spiro atoms. The predicted octanol–water partition coefficient (Wildman–Crippen LogP) is 1.35. The summed E-state index contributed by atoms with van der Waals surface area (Å²) in [7, 11) is -3.33. The van der Waals surface area contributed by atoms with E-state index in [0.717, 1.165) is 6.07 Å². The lowest BCUT2D eigenvalue weighted by atomic mass is 10.2. The van der Waals surface area contributed by atoms with Crippen molar-refractivity contribution in [2.75, 3.05) is 12.3 Å². The summed E-state index contributed by atoms with van der Waals surface area (Å²) < 4.78 is 36.0. The van der Waals surface area contributed by atoms with Gasteiger partial charge in [-0.3, -0.25) is 0 Å². The van der Waals surface area contributed by atoms with Crippen LogP contribution in [-0.4, -0.2) is 20.7 Å². The average molecular weight is 252 g/mol. The van der Waals surface area contributed by atoms with Crippen LogP contribution in [-0.2, 0) is 15.6 Å². The van der Waals surface area contributed by atoms with E-state index in [4.69, 9.17) is 17.3 Å². The van der Waals surface area contributed by atoms with Gasteiger partial charge in [-0.2, -0.15) is 0 Å². The topological polar surface area (TPSA) is 60.2 Å². The SMILES string of the molecule is NCCS(=O)(=O)Cc1ccc(Cl)cc1F. The van der Waals surface area contributed by atoms with E-state index in [-0.39, 0.29) is 28.6 Å². The summed E-state index contributed by atoms with van der Waals surface area (Å²) >= 11 is 5.54. The lowest BCUT2D eigenvalue weighted by Gasteiger charge is -2.04. The van der Waals surface area contributed by atoms with Gasteiger partial charge in [-0.1, -0.05) is 17.7 Å². The van der Waals surface area contributed by atoms with E-state index < -0.39 is 15.7 Å². The van der Waals surface area contributed by atoms with Gasteiger partial charge < -0.3 is 5.73 Å². The van der Waals surface area contributed by atoms with Gasteiger partial charge in [0.25, 0.3) is 0 Å². The van der Waals surface area contributed by atoms with Crippen LogP contribution < -0.4 is 5.73 Å². The summed E-state index contributed by atoms with van der Waals surface area (Å²) in [6.07, 6.45) is 0. The standard InChI is InChI=1S/C9H11ClFNO2S/c10-8-2-1-7(9(11)5-8)6-15(13,14)4-3-12/h1-2,5H,3-4,6,12H2. The minimum absolute atomic E-state index is 0.0392. The van der Waals surface area contributed by atoms with E-state index >= 15 is 0 Å². The van der Waals surface area contributed by atoms with E-state index in [0.29, 0.717) is 0 Å². The van der Waals surface area contributed by atoms with Gasteiger partial charge >= 0.3 is 0 Å². The summed E-state index contributed by atoms with van der Waals surface area (Å²) in [5.41, 5.74) is 5.25. The smallest absolute Gasteiger partial charge is 0.155 e. The van der Waals surface area contributed by atoms with Crippen molar-refractivity contribution < 1.29 is 12.8 Å². The maximum Gasteiger partial charge on any atom is 0.155 e. The number of hydrogen-bond acceptors (Lipinski definition) is 3. The van der Waals surface area contributed by atoms with Gasteiger partial charge in [-0.05, 0) is 12.1 Å². The number of sulfone groups is 1. The summed E-state index contributed by atoms with van der Waals surface area (Å²) in [5, 5.41) is 0.243.